The number of rotatable bonds is 1. The summed E-state index contributed by atoms with van der Waals surface area (Å²) in [5.74, 6) is 4.48. The van der Waals surface area contributed by atoms with Crippen LogP contribution in [0.2, 0.25) is 0 Å². The van der Waals surface area contributed by atoms with E-state index in [1.54, 1.807) is 6.92 Å². The third kappa shape index (κ3) is 1.36. The van der Waals surface area contributed by atoms with Gasteiger partial charge in [-0.1, -0.05) is 5.92 Å². The molecule has 0 radical (unpaired) electrons. The van der Waals surface area contributed by atoms with Crippen molar-refractivity contribution >= 4 is 5.97 Å². The molecule has 0 aromatic carbocycles. The normalized spacial score (nSPS) is 29.2. The fourth-order valence-electron chi connectivity index (χ4n) is 1.30. The molecule has 1 heterocycles. The van der Waals surface area contributed by atoms with Crippen LogP contribution in [-0.4, -0.2) is 23.2 Å². The first kappa shape index (κ1) is 8.09. The number of hydrogen-bond donors (Lipinski definition) is 2. The van der Waals surface area contributed by atoms with Crippen molar-refractivity contribution in [2.24, 2.45) is 0 Å². The van der Waals surface area contributed by atoms with Crippen molar-refractivity contribution in [3.63, 3.8) is 0 Å². The summed E-state index contributed by atoms with van der Waals surface area (Å²) in [4.78, 5) is 10.7. The predicted octanol–water partition coefficient (Wildman–Crippen LogP) is 0.216. The Kier molecular flexibility index (Phi) is 2.16. The first-order chi connectivity index (χ1) is 5.21. The van der Waals surface area contributed by atoms with Gasteiger partial charge in [0.15, 0.2) is 5.54 Å². The van der Waals surface area contributed by atoms with E-state index in [2.05, 4.69) is 17.2 Å². The van der Waals surface area contributed by atoms with E-state index in [1.807, 2.05) is 0 Å². The SMILES string of the molecule is CC#C[C@]1(C(=O)O)CCCN1. The topological polar surface area (TPSA) is 49.3 Å². The zero-order valence-electron chi connectivity index (χ0n) is 6.48. The Hall–Kier alpha value is -1.01. The van der Waals surface area contributed by atoms with Gasteiger partial charge >= 0.3 is 5.97 Å². The summed E-state index contributed by atoms with van der Waals surface area (Å²) in [5, 5.41) is 11.7. The van der Waals surface area contributed by atoms with Gasteiger partial charge in [0, 0.05) is 0 Å². The molecule has 0 saturated carbocycles. The van der Waals surface area contributed by atoms with Crippen molar-refractivity contribution in [1.29, 1.82) is 0 Å². The summed E-state index contributed by atoms with van der Waals surface area (Å²) in [6.45, 7) is 2.41. The van der Waals surface area contributed by atoms with Gasteiger partial charge in [0.2, 0.25) is 0 Å². The highest BCUT2D eigenvalue weighted by Gasteiger charge is 2.39. The van der Waals surface area contributed by atoms with Crippen molar-refractivity contribution in [1.82, 2.24) is 5.32 Å². The molecule has 0 aromatic heterocycles. The van der Waals surface area contributed by atoms with Crippen LogP contribution >= 0.6 is 0 Å². The summed E-state index contributed by atoms with van der Waals surface area (Å²) in [6, 6.07) is 0. The standard InChI is InChI=1S/C8H11NO2/c1-2-4-8(7(10)11)5-3-6-9-8/h9H,3,5-6H2,1H3,(H,10,11)/t8-/m1/s1. The third-order valence-corrected chi connectivity index (χ3v) is 1.86. The van der Waals surface area contributed by atoms with Crippen molar-refractivity contribution in [2.75, 3.05) is 6.54 Å². The molecular weight excluding hydrogens is 142 g/mol. The van der Waals surface area contributed by atoms with Gasteiger partial charge in [0.25, 0.3) is 0 Å². The molecule has 1 atom stereocenters. The molecule has 0 unspecified atom stereocenters. The number of nitrogens with one attached hydrogen (secondary N) is 1. The summed E-state index contributed by atoms with van der Waals surface area (Å²) in [5.41, 5.74) is -0.950. The fraction of sp³-hybridized carbons (Fsp3) is 0.625. The van der Waals surface area contributed by atoms with Crippen LogP contribution in [0.3, 0.4) is 0 Å². The maximum atomic E-state index is 10.7. The van der Waals surface area contributed by atoms with E-state index in [9.17, 15) is 4.79 Å². The van der Waals surface area contributed by atoms with E-state index >= 15 is 0 Å². The molecule has 1 aliphatic heterocycles. The number of hydrogen-bond acceptors (Lipinski definition) is 2. The number of carboxylic acid groups (broad SMARTS) is 1. The first-order valence-corrected chi connectivity index (χ1v) is 3.63. The van der Waals surface area contributed by atoms with E-state index in [4.69, 9.17) is 5.11 Å². The molecular formula is C8H11NO2. The quantitative estimate of drug-likeness (QED) is 0.530. The molecule has 0 spiro atoms. The number of carboxylic acids is 1. The predicted molar refractivity (Wildman–Crippen MR) is 41.1 cm³/mol. The molecule has 11 heavy (non-hydrogen) atoms. The van der Waals surface area contributed by atoms with Crippen LogP contribution in [0.4, 0.5) is 0 Å². The molecule has 2 N–H and O–H groups in total. The van der Waals surface area contributed by atoms with Crippen LogP contribution in [-0.2, 0) is 4.79 Å². The molecule has 0 aliphatic carbocycles. The van der Waals surface area contributed by atoms with Gasteiger partial charge < -0.3 is 5.11 Å². The minimum Gasteiger partial charge on any atom is -0.479 e. The van der Waals surface area contributed by atoms with Crippen LogP contribution in [0.5, 0.6) is 0 Å². The monoisotopic (exact) mass is 153 g/mol. The highest BCUT2D eigenvalue weighted by atomic mass is 16.4. The smallest absolute Gasteiger partial charge is 0.336 e. The molecule has 0 bridgehead atoms. The fourth-order valence-corrected chi connectivity index (χ4v) is 1.30. The summed E-state index contributed by atoms with van der Waals surface area (Å²) in [7, 11) is 0. The third-order valence-electron chi connectivity index (χ3n) is 1.86. The van der Waals surface area contributed by atoms with Crippen LogP contribution in [0.15, 0.2) is 0 Å². The van der Waals surface area contributed by atoms with E-state index in [0.29, 0.717) is 6.42 Å². The molecule has 1 aliphatic rings. The van der Waals surface area contributed by atoms with Gasteiger partial charge in [-0.3, -0.25) is 5.32 Å². The number of aliphatic carboxylic acids is 1. The Morgan fingerprint density at radius 3 is 2.82 bits per heavy atom. The first-order valence-electron chi connectivity index (χ1n) is 3.63. The second-order valence-electron chi connectivity index (χ2n) is 2.62. The molecule has 3 nitrogen and oxygen atoms in total. The van der Waals surface area contributed by atoms with E-state index in [0.717, 1.165) is 13.0 Å². The largest absolute Gasteiger partial charge is 0.479 e. The number of carbonyl (C=O) groups is 1. The Morgan fingerprint density at radius 1 is 1.73 bits per heavy atom. The zero-order valence-corrected chi connectivity index (χ0v) is 6.48. The average Bonchev–Trinajstić information content (AvgIpc) is 2.38. The maximum absolute atomic E-state index is 10.7. The van der Waals surface area contributed by atoms with Gasteiger partial charge in [0.05, 0.1) is 0 Å². The Balaban J connectivity index is 2.84. The van der Waals surface area contributed by atoms with Crippen LogP contribution in [0, 0.1) is 11.8 Å². The molecule has 3 heteroatoms. The van der Waals surface area contributed by atoms with Crippen molar-refractivity contribution in [3.05, 3.63) is 0 Å². The van der Waals surface area contributed by atoms with Crippen LogP contribution in [0.25, 0.3) is 0 Å². The van der Waals surface area contributed by atoms with E-state index < -0.39 is 11.5 Å². The minimum atomic E-state index is -0.950. The molecule has 60 valence electrons. The molecule has 0 amide bonds. The van der Waals surface area contributed by atoms with E-state index in [-0.39, 0.29) is 0 Å². The molecule has 1 saturated heterocycles. The summed E-state index contributed by atoms with van der Waals surface area (Å²) in [6.07, 6.45) is 1.50. The van der Waals surface area contributed by atoms with Gasteiger partial charge in [-0.2, -0.15) is 0 Å². The zero-order chi connectivity index (χ0) is 8.32. The van der Waals surface area contributed by atoms with Crippen LogP contribution in [0.1, 0.15) is 19.8 Å². The van der Waals surface area contributed by atoms with E-state index in [1.165, 1.54) is 0 Å². The average molecular weight is 153 g/mol. The summed E-state index contributed by atoms with van der Waals surface area (Å²) >= 11 is 0. The second-order valence-corrected chi connectivity index (χ2v) is 2.62. The molecule has 1 fully saturated rings. The van der Waals surface area contributed by atoms with Crippen molar-refractivity contribution in [2.45, 2.75) is 25.3 Å². The molecule has 0 aromatic rings. The van der Waals surface area contributed by atoms with Gasteiger partial charge in [-0.05, 0) is 26.3 Å². The minimum absolute atomic E-state index is 0.614. The lowest BCUT2D eigenvalue weighted by Crippen LogP contribution is -2.46. The maximum Gasteiger partial charge on any atom is 0.336 e. The Morgan fingerprint density at radius 2 is 2.45 bits per heavy atom. The Bertz CT molecular complexity index is 218. The second kappa shape index (κ2) is 2.93. The summed E-state index contributed by atoms with van der Waals surface area (Å²) < 4.78 is 0. The lowest BCUT2D eigenvalue weighted by Gasteiger charge is -2.16. The Labute approximate surface area is 65.8 Å². The highest BCUT2D eigenvalue weighted by Crippen LogP contribution is 2.18. The lowest BCUT2D eigenvalue weighted by molar-refractivity contribution is -0.141. The van der Waals surface area contributed by atoms with Gasteiger partial charge in [-0.25, -0.2) is 4.79 Å². The van der Waals surface area contributed by atoms with Gasteiger partial charge in [-0.15, -0.1) is 5.92 Å². The van der Waals surface area contributed by atoms with Crippen molar-refractivity contribution < 1.29 is 9.90 Å². The van der Waals surface area contributed by atoms with Crippen LogP contribution < -0.4 is 5.32 Å². The van der Waals surface area contributed by atoms with Gasteiger partial charge in [0.1, 0.15) is 0 Å². The van der Waals surface area contributed by atoms with Crippen molar-refractivity contribution in [3.8, 4) is 11.8 Å². The lowest BCUT2D eigenvalue weighted by atomic mass is 9.99. The molecule has 1 rings (SSSR count). The highest BCUT2D eigenvalue weighted by molar-refractivity contribution is 5.83.